The highest BCUT2D eigenvalue weighted by molar-refractivity contribution is 6.30. The predicted octanol–water partition coefficient (Wildman–Crippen LogP) is 0.360. The van der Waals surface area contributed by atoms with E-state index in [0.717, 1.165) is 0 Å². The molecule has 0 fully saturated rings. The molecule has 1 amide bonds. The zero-order chi connectivity index (χ0) is 5.86. The number of hydrogen-bond donors (Lipinski definition) is 1. The summed E-state index contributed by atoms with van der Waals surface area (Å²) in [6.07, 6.45) is 0. The second-order valence-electron chi connectivity index (χ2n) is 1.23. The Balaban J connectivity index is 3.35. The number of alkyl halides is 1. The molecule has 0 rings (SSSR count). The maximum Gasteiger partial charge on any atom is 0.237 e. The minimum absolute atomic E-state index is 0.137. The van der Waals surface area contributed by atoms with Crippen LogP contribution >= 0.6 is 11.6 Å². The van der Waals surface area contributed by atoms with Crippen molar-refractivity contribution in [1.29, 1.82) is 0 Å². The van der Waals surface area contributed by atoms with Gasteiger partial charge >= 0.3 is 0 Å². The van der Waals surface area contributed by atoms with Gasteiger partial charge in [0.15, 0.2) is 0 Å². The molecule has 0 aliphatic carbocycles. The SMILES string of the molecule is CNC(=O)[C@@H](C)Cl. The summed E-state index contributed by atoms with van der Waals surface area (Å²) in [5, 5.41) is 1.98. The van der Waals surface area contributed by atoms with Gasteiger partial charge in [-0.1, -0.05) is 0 Å². The number of nitrogens with one attached hydrogen (secondary N) is 1. The van der Waals surface area contributed by atoms with Crippen molar-refractivity contribution in [2.75, 3.05) is 7.05 Å². The van der Waals surface area contributed by atoms with E-state index in [0.29, 0.717) is 0 Å². The standard InChI is InChI=1S/C4H8ClNO/c1-3(5)4(7)6-2/h3H,1-2H3,(H,6,7)/t3-/m1/s1. The van der Waals surface area contributed by atoms with Crippen molar-refractivity contribution in [3.8, 4) is 0 Å². The molecule has 0 aromatic heterocycles. The third kappa shape index (κ3) is 2.45. The number of amides is 1. The molecule has 0 aromatic rings. The number of rotatable bonds is 1. The van der Waals surface area contributed by atoms with Gasteiger partial charge in [0.25, 0.3) is 0 Å². The Hall–Kier alpha value is -0.240. The Morgan fingerprint density at radius 3 is 2.29 bits per heavy atom. The first-order valence-electron chi connectivity index (χ1n) is 2.04. The molecule has 0 saturated heterocycles. The second kappa shape index (κ2) is 2.86. The minimum Gasteiger partial charge on any atom is -0.358 e. The van der Waals surface area contributed by atoms with Crippen LogP contribution in [0.15, 0.2) is 0 Å². The lowest BCUT2D eigenvalue weighted by Crippen LogP contribution is -2.25. The van der Waals surface area contributed by atoms with Crippen molar-refractivity contribution in [3.63, 3.8) is 0 Å². The quantitative estimate of drug-likeness (QED) is 0.499. The maximum absolute atomic E-state index is 10.3. The Morgan fingerprint density at radius 1 is 1.86 bits per heavy atom. The van der Waals surface area contributed by atoms with Gasteiger partial charge in [0.1, 0.15) is 5.38 Å². The summed E-state index contributed by atoms with van der Waals surface area (Å²) in [6.45, 7) is 1.63. The van der Waals surface area contributed by atoms with E-state index in [2.05, 4.69) is 5.32 Å². The topological polar surface area (TPSA) is 29.1 Å². The van der Waals surface area contributed by atoms with Crippen LogP contribution in [0.5, 0.6) is 0 Å². The molecule has 2 nitrogen and oxygen atoms in total. The van der Waals surface area contributed by atoms with E-state index in [1.165, 1.54) is 0 Å². The van der Waals surface area contributed by atoms with E-state index in [9.17, 15) is 4.79 Å². The van der Waals surface area contributed by atoms with Gasteiger partial charge < -0.3 is 5.32 Å². The van der Waals surface area contributed by atoms with Crippen LogP contribution in [-0.2, 0) is 4.79 Å². The second-order valence-corrected chi connectivity index (χ2v) is 1.88. The van der Waals surface area contributed by atoms with Crippen molar-refractivity contribution in [2.45, 2.75) is 12.3 Å². The summed E-state index contributed by atoms with van der Waals surface area (Å²) in [6, 6.07) is 0. The van der Waals surface area contributed by atoms with Crippen LogP contribution in [0.1, 0.15) is 6.92 Å². The molecule has 0 unspecified atom stereocenters. The van der Waals surface area contributed by atoms with Crippen molar-refractivity contribution in [1.82, 2.24) is 5.32 Å². The molecule has 0 spiro atoms. The molecule has 0 bridgehead atoms. The molecule has 0 heterocycles. The van der Waals surface area contributed by atoms with Gasteiger partial charge in [-0.05, 0) is 6.92 Å². The molecule has 7 heavy (non-hydrogen) atoms. The molecule has 3 heteroatoms. The van der Waals surface area contributed by atoms with Crippen molar-refractivity contribution in [3.05, 3.63) is 0 Å². The molecule has 0 saturated carbocycles. The maximum atomic E-state index is 10.3. The minimum atomic E-state index is -0.412. The summed E-state index contributed by atoms with van der Waals surface area (Å²) in [5.74, 6) is -0.137. The van der Waals surface area contributed by atoms with E-state index >= 15 is 0 Å². The largest absolute Gasteiger partial charge is 0.358 e. The highest BCUT2D eigenvalue weighted by atomic mass is 35.5. The average molecular weight is 122 g/mol. The Labute approximate surface area is 47.8 Å². The highest BCUT2D eigenvalue weighted by Crippen LogP contribution is 1.89. The molecule has 0 aromatic carbocycles. The Kier molecular flexibility index (Phi) is 2.76. The third-order valence-electron chi connectivity index (χ3n) is 0.608. The number of halogens is 1. The molecule has 0 radical (unpaired) electrons. The Morgan fingerprint density at radius 2 is 2.29 bits per heavy atom. The molecule has 42 valence electrons. The first-order valence-corrected chi connectivity index (χ1v) is 2.47. The number of hydrogen-bond acceptors (Lipinski definition) is 1. The molecule has 1 N–H and O–H groups in total. The first-order chi connectivity index (χ1) is 3.18. The molecular formula is C4H8ClNO. The lowest BCUT2D eigenvalue weighted by Gasteiger charge is -1.96. The molecule has 0 aliphatic heterocycles. The molecule has 1 atom stereocenters. The third-order valence-corrected chi connectivity index (χ3v) is 0.806. The average Bonchev–Trinajstić information content (AvgIpc) is 1.65. The summed E-state index contributed by atoms with van der Waals surface area (Å²) in [7, 11) is 1.56. The van der Waals surface area contributed by atoms with Crippen LogP contribution in [0.4, 0.5) is 0 Å². The monoisotopic (exact) mass is 121 g/mol. The zero-order valence-electron chi connectivity index (χ0n) is 4.36. The van der Waals surface area contributed by atoms with Gasteiger partial charge in [0.2, 0.25) is 5.91 Å². The number of carbonyl (C=O) groups is 1. The van der Waals surface area contributed by atoms with Crippen LogP contribution in [0.3, 0.4) is 0 Å². The first kappa shape index (κ1) is 6.76. The van der Waals surface area contributed by atoms with E-state index < -0.39 is 5.38 Å². The van der Waals surface area contributed by atoms with Gasteiger partial charge in [-0.3, -0.25) is 4.79 Å². The summed E-state index contributed by atoms with van der Waals surface area (Å²) in [4.78, 5) is 10.3. The Bertz CT molecular complexity index is 72.1. The fourth-order valence-electron chi connectivity index (χ4n) is 0.199. The van der Waals surface area contributed by atoms with E-state index in [1.807, 2.05) is 0 Å². The molecule has 0 aliphatic rings. The number of carbonyl (C=O) groups excluding carboxylic acids is 1. The summed E-state index contributed by atoms with van der Waals surface area (Å²) in [5.41, 5.74) is 0. The van der Waals surface area contributed by atoms with E-state index in [-0.39, 0.29) is 5.91 Å². The van der Waals surface area contributed by atoms with Gasteiger partial charge in [0, 0.05) is 7.05 Å². The fraction of sp³-hybridized carbons (Fsp3) is 0.750. The normalized spacial score (nSPS) is 13.0. The lowest BCUT2D eigenvalue weighted by atomic mass is 10.4. The zero-order valence-corrected chi connectivity index (χ0v) is 5.12. The van der Waals surface area contributed by atoms with Crippen LogP contribution in [0.2, 0.25) is 0 Å². The van der Waals surface area contributed by atoms with Crippen molar-refractivity contribution in [2.24, 2.45) is 0 Å². The van der Waals surface area contributed by atoms with E-state index in [1.54, 1.807) is 14.0 Å². The smallest absolute Gasteiger partial charge is 0.237 e. The van der Waals surface area contributed by atoms with Gasteiger partial charge in [-0.15, -0.1) is 11.6 Å². The van der Waals surface area contributed by atoms with Crippen LogP contribution < -0.4 is 5.32 Å². The predicted molar refractivity (Wildman–Crippen MR) is 29.4 cm³/mol. The lowest BCUT2D eigenvalue weighted by molar-refractivity contribution is -0.119. The van der Waals surface area contributed by atoms with Gasteiger partial charge in [0.05, 0.1) is 0 Å². The fourth-order valence-corrected chi connectivity index (χ4v) is 0.308. The van der Waals surface area contributed by atoms with Crippen LogP contribution in [-0.4, -0.2) is 18.3 Å². The van der Waals surface area contributed by atoms with E-state index in [4.69, 9.17) is 11.6 Å². The van der Waals surface area contributed by atoms with Crippen LogP contribution in [0.25, 0.3) is 0 Å². The van der Waals surface area contributed by atoms with Crippen LogP contribution in [0, 0.1) is 0 Å². The summed E-state index contributed by atoms with van der Waals surface area (Å²) < 4.78 is 0. The highest BCUT2D eigenvalue weighted by Gasteiger charge is 2.03. The summed E-state index contributed by atoms with van der Waals surface area (Å²) >= 11 is 5.32. The van der Waals surface area contributed by atoms with Crippen molar-refractivity contribution < 1.29 is 4.79 Å². The molecular weight excluding hydrogens is 114 g/mol. The van der Waals surface area contributed by atoms with Gasteiger partial charge in [-0.2, -0.15) is 0 Å². The van der Waals surface area contributed by atoms with Crippen molar-refractivity contribution >= 4 is 17.5 Å². The van der Waals surface area contributed by atoms with Gasteiger partial charge in [-0.25, -0.2) is 0 Å².